The van der Waals surface area contributed by atoms with Crippen LogP contribution in [-0.2, 0) is 0 Å². The number of nitro groups is 1. The fourth-order valence-corrected chi connectivity index (χ4v) is 2.13. The molecule has 0 bridgehead atoms. The normalized spacial score (nSPS) is 20.3. The zero-order valence-electron chi connectivity index (χ0n) is 7.02. The van der Waals surface area contributed by atoms with Gasteiger partial charge < -0.3 is 10.6 Å². The van der Waals surface area contributed by atoms with Gasteiger partial charge in [0.2, 0.25) is 0 Å². The molecular formula is C7H7N3O3S. The molecule has 14 heavy (non-hydrogen) atoms. The predicted molar refractivity (Wildman–Crippen MR) is 50.2 cm³/mol. The molecule has 2 heterocycles. The molecule has 0 spiro atoms. The minimum absolute atomic E-state index is 0.0983. The SMILES string of the molecule is O=C1NC[C@@H](c2ccc([N+](=O)[O-])s2)N1. The molecule has 1 atom stereocenters. The summed E-state index contributed by atoms with van der Waals surface area (Å²) in [7, 11) is 0. The summed E-state index contributed by atoms with van der Waals surface area (Å²) >= 11 is 1.09. The molecule has 0 aromatic carbocycles. The fourth-order valence-electron chi connectivity index (χ4n) is 1.25. The van der Waals surface area contributed by atoms with E-state index in [1.807, 2.05) is 0 Å². The standard InChI is InChI=1S/C7H7N3O3S/c11-7-8-3-4(9-7)5-1-2-6(14-5)10(12)13/h1-2,4H,3H2,(H2,8,9,11)/t4-/m0/s1. The van der Waals surface area contributed by atoms with Crippen molar-refractivity contribution in [1.82, 2.24) is 10.6 Å². The van der Waals surface area contributed by atoms with Gasteiger partial charge in [-0.1, -0.05) is 11.3 Å². The van der Waals surface area contributed by atoms with Gasteiger partial charge in [0.15, 0.2) is 0 Å². The summed E-state index contributed by atoms with van der Waals surface area (Å²) in [6, 6.07) is 2.75. The van der Waals surface area contributed by atoms with Gasteiger partial charge in [-0.2, -0.15) is 0 Å². The molecule has 1 saturated heterocycles. The molecule has 2 amide bonds. The summed E-state index contributed by atoms with van der Waals surface area (Å²) in [5.41, 5.74) is 0. The highest BCUT2D eigenvalue weighted by Crippen LogP contribution is 2.29. The van der Waals surface area contributed by atoms with Crippen LogP contribution in [-0.4, -0.2) is 17.5 Å². The monoisotopic (exact) mass is 213 g/mol. The van der Waals surface area contributed by atoms with E-state index in [1.54, 1.807) is 6.07 Å². The van der Waals surface area contributed by atoms with E-state index in [-0.39, 0.29) is 17.1 Å². The van der Waals surface area contributed by atoms with Crippen molar-refractivity contribution in [2.45, 2.75) is 6.04 Å². The zero-order valence-corrected chi connectivity index (χ0v) is 7.84. The van der Waals surface area contributed by atoms with Gasteiger partial charge in [0.1, 0.15) is 0 Å². The number of nitrogens with zero attached hydrogens (tertiary/aromatic N) is 1. The van der Waals surface area contributed by atoms with Crippen LogP contribution in [0.1, 0.15) is 10.9 Å². The molecule has 0 radical (unpaired) electrons. The second-order valence-corrected chi connectivity index (χ2v) is 3.93. The third kappa shape index (κ3) is 1.53. The Balaban J connectivity index is 2.17. The van der Waals surface area contributed by atoms with Crippen molar-refractivity contribution in [3.8, 4) is 0 Å². The van der Waals surface area contributed by atoms with Crippen LogP contribution < -0.4 is 10.6 Å². The lowest BCUT2D eigenvalue weighted by Gasteiger charge is -2.02. The van der Waals surface area contributed by atoms with E-state index in [4.69, 9.17) is 0 Å². The molecule has 1 aromatic rings. The summed E-state index contributed by atoms with van der Waals surface area (Å²) in [6.45, 7) is 0.483. The van der Waals surface area contributed by atoms with Crippen LogP contribution in [0.2, 0.25) is 0 Å². The maximum absolute atomic E-state index is 10.8. The first kappa shape index (κ1) is 8.95. The van der Waals surface area contributed by atoms with Gasteiger partial charge in [0.05, 0.1) is 11.0 Å². The quantitative estimate of drug-likeness (QED) is 0.568. The minimum atomic E-state index is -0.432. The average Bonchev–Trinajstić information content (AvgIpc) is 2.70. The van der Waals surface area contributed by atoms with Crippen molar-refractivity contribution in [2.75, 3.05) is 6.54 Å². The van der Waals surface area contributed by atoms with Crippen molar-refractivity contribution >= 4 is 22.4 Å². The Morgan fingerprint density at radius 1 is 1.57 bits per heavy atom. The minimum Gasteiger partial charge on any atom is -0.336 e. The Morgan fingerprint density at radius 3 is 2.86 bits per heavy atom. The van der Waals surface area contributed by atoms with Gasteiger partial charge in [-0.15, -0.1) is 0 Å². The highest BCUT2D eigenvalue weighted by molar-refractivity contribution is 7.15. The van der Waals surface area contributed by atoms with Crippen LogP contribution in [0.25, 0.3) is 0 Å². The third-order valence-electron chi connectivity index (χ3n) is 1.91. The smallest absolute Gasteiger partial charge is 0.324 e. The van der Waals surface area contributed by atoms with Crippen LogP contribution in [0.15, 0.2) is 12.1 Å². The van der Waals surface area contributed by atoms with Gasteiger partial charge in [0, 0.05) is 17.5 Å². The molecule has 1 aliphatic heterocycles. The second-order valence-electron chi connectivity index (χ2n) is 2.84. The molecule has 1 fully saturated rings. The van der Waals surface area contributed by atoms with Crippen LogP contribution in [0.3, 0.4) is 0 Å². The molecule has 1 aliphatic rings. The first-order valence-electron chi connectivity index (χ1n) is 3.95. The van der Waals surface area contributed by atoms with Crippen LogP contribution in [0.4, 0.5) is 9.80 Å². The lowest BCUT2D eigenvalue weighted by Crippen LogP contribution is -2.21. The number of carbonyl (C=O) groups excluding carboxylic acids is 1. The highest BCUT2D eigenvalue weighted by Gasteiger charge is 2.24. The Bertz CT molecular complexity index is 389. The molecule has 0 aliphatic carbocycles. The number of hydrogen-bond acceptors (Lipinski definition) is 4. The second kappa shape index (κ2) is 3.26. The third-order valence-corrected chi connectivity index (χ3v) is 3.06. The van der Waals surface area contributed by atoms with Crippen LogP contribution in [0, 0.1) is 10.1 Å². The van der Waals surface area contributed by atoms with Gasteiger partial charge in [-0.05, 0) is 6.07 Å². The number of hydrogen-bond donors (Lipinski definition) is 2. The number of rotatable bonds is 2. The van der Waals surface area contributed by atoms with E-state index >= 15 is 0 Å². The summed E-state index contributed by atoms with van der Waals surface area (Å²) < 4.78 is 0. The number of urea groups is 1. The van der Waals surface area contributed by atoms with Gasteiger partial charge in [-0.25, -0.2) is 4.79 Å². The number of carbonyl (C=O) groups is 1. The molecule has 0 unspecified atom stereocenters. The topological polar surface area (TPSA) is 84.3 Å². The first-order valence-corrected chi connectivity index (χ1v) is 4.77. The molecule has 2 N–H and O–H groups in total. The van der Waals surface area contributed by atoms with Gasteiger partial charge in [0.25, 0.3) is 0 Å². The molecule has 6 nitrogen and oxygen atoms in total. The van der Waals surface area contributed by atoms with Crippen molar-refractivity contribution < 1.29 is 9.72 Å². The highest BCUT2D eigenvalue weighted by atomic mass is 32.1. The fraction of sp³-hybridized carbons (Fsp3) is 0.286. The summed E-state index contributed by atoms with van der Waals surface area (Å²) in [4.78, 5) is 21.6. The molecule has 74 valence electrons. The van der Waals surface area contributed by atoms with E-state index < -0.39 is 4.92 Å². The maximum Gasteiger partial charge on any atom is 0.324 e. The zero-order chi connectivity index (χ0) is 10.1. The average molecular weight is 213 g/mol. The first-order chi connectivity index (χ1) is 6.66. The number of nitrogens with one attached hydrogen (secondary N) is 2. The Morgan fingerprint density at radius 2 is 2.36 bits per heavy atom. The van der Waals surface area contributed by atoms with E-state index in [2.05, 4.69) is 10.6 Å². The molecule has 7 heteroatoms. The Labute approximate surface area is 83.1 Å². The van der Waals surface area contributed by atoms with Gasteiger partial charge >= 0.3 is 11.0 Å². The lowest BCUT2D eigenvalue weighted by molar-refractivity contribution is -0.380. The van der Waals surface area contributed by atoms with E-state index in [0.29, 0.717) is 6.54 Å². The lowest BCUT2D eigenvalue weighted by atomic mass is 10.2. The van der Waals surface area contributed by atoms with Crippen molar-refractivity contribution in [1.29, 1.82) is 0 Å². The van der Waals surface area contributed by atoms with E-state index in [9.17, 15) is 14.9 Å². The summed E-state index contributed by atoms with van der Waals surface area (Å²) in [5, 5.41) is 15.8. The van der Waals surface area contributed by atoms with Crippen LogP contribution >= 0.6 is 11.3 Å². The van der Waals surface area contributed by atoms with Crippen molar-refractivity contribution in [2.24, 2.45) is 0 Å². The Hall–Kier alpha value is -1.63. The van der Waals surface area contributed by atoms with Gasteiger partial charge in [-0.3, -0.25) is 10.1 Å². The molecular weight excluding hydrogens is 206 g/mol. The predicted octanol–water partition coefficient (Wildman–Crippen LogP) is 1.01. The summed E-state index contributed by atoms with van der Waals surface area (Å²) in [6.07, 6.45) is 0. The Kier molecular flexibility index (Phi) is 2.08. The summed E-state index contributed by atoms with van der Waals surface area (Å²) in [5.74, 6) is 0. The molecule has 2 rings (SSSR count). The number of amides is 2. The van der Waals surface area contributed by atoms with Crippen molar-refractivity contribution in [3.05, 3.63) is 27.1 Å². The van der Waals surface area contributed by atoms with Crippen LogP contribution in [0.5, 0.6) is 0 Å². The van der Waals surface area contributed by atoms with Crippen molar-refractivity contribution in [3.63, 3.8) is 0 Å². The molecule has 0 saturated carbocycles. The van der Waals surface area contributed by atoms with E-state index in [0.717, 1.165) is 16.2 Å². The largest absolute Gasteiger partial charge is 0.336 e. The van der Waals surface area contributed by atoms with E-state index in [1.165, 1.54) is 6.07 Å². The maximum atomic E-state index is 10.8. The number of thiophene rings is 1. The molecule has 1 aromatic heterocycles.